The number of methoxy groups -OCH3 is 1. The van der Waals surface area contributed by atoms with E-state index in [0.29, 0.717) is 35.3 Å². The van der Waals surface area contributed by atoms with Gasteiger partial charge >= 0.3 is 5.97 Å². The molecule has 7 aromatic rings. The molecule has 0 bridgehead atoms. The lowest BCUT2D eigenvalue weighted by Crippen LogP contribution is -2.39. The van der Waals surface area contributed by atoms with E-state index in [4.69, 9.17) is 26.6 Å². The van der Waals surface area contributed by atoms with Crippen molar-refractivity contribution in [3.63, 3.8) is 0 Å². The predicted octanol–water partition coefficient (Wildman–Crippen LogP) is 9.10. The van der Waals surface area contributed by atoms with Crippen LogP contribution in [0.25, 0.3) is 22.5 Å². The number of tetrazole rings is 1. The Kier molecular flexibility index (Phi) is 10.2. The quantitative estimate of drug-likeness (QED) is 0.0927. The van der Waals surface area contributed by atoms with Gasteiger partial charge in [-0.1, -0.05) is 158 Å². The van der Waals surface area contributed by atoms with Crippen LogP contribution in [0.15, 0.2) is 152 Å². The Morgan fingerprint density at radius 1 is 0.769 bits per heavy atom. The topological polar surface area (TPSA) is 86.0 Å². The number of ether oxygens (including phenoxy) is 1. The standard InChI is InChI=1S/C43H37ClN6O2/c1-3-27-49(40-39(42(51)52-2)28-36(44)29-45-40)30-31-23-25-32(26-24-31)37-21-13-14-22-38(37)41-46-47-48-50(41)43(33-15-7-4-8-16-33,34-17-9-5-10-18-34)35-19-11-6-12-20-35/h4-26,28-29H,3,27,30H2,1-2H3. The molecule has 0 saturated heterocycles. The normalized spacial score (nSPS) is 11.3. The third-order valence-corrected chi connectivity index (χ3v) is 9.41. The van der Waals surface area contributed by atoms with Gasteiger partial charge in [0.1, 0.15) is 16.9 Å². The lowest BCUT2D eigenvalue weighted by atomic mass is 9.77. The van der Waals surface area contributed by atoms with Crippen molar-refractivity contribution in [1.29, 1.82) is 0 Å². The summed E-state index contributed by atoms with van der Waals surface area (Å²) < 4.78 is 7.00. The van der Waals surface area contributed by atoms with Gasteiger partial charge in [-0.05, 0) is 56.3 Å². The second-order valence-electron chi connectivity index (χ2n) is 12.4. The Morgan fingerprint density at radius 3 is 1.88 bits per heavy atom. The molecule has 8 nitrogen and oxygen atoms in total. The molecule has 2 heterocycles. The molecule has 5 aromatic carbocycles. The van der Waals surface area contributed by atoms with Crippen molar-refractivity contribution < 1.29 is 9.53 Å². The van der Waals surface area contributed by atoms with Crippen molar-refractivity contribution in [2.24, 2.45) is 0 Å². The molecule has 0 fully saturated rings. The minimum absolute atomic E-state index is 0.337. The van der Waals surface area contributed by atoms with Crippen molar-refractivity contribution in [3.05, 3.63) is 185 Å². The highest BCUT2D eigenvalue weighted by molar-refractivity contribution is 6.30. The number of carbonyl (C=O) groups excluding carboxylic acids is 1. The van der Waals surface area contributed by atoms with Crippen molar-refractivity contribution in [2.75, 3.05) is 18.6 Å². The Labute approximate surface area is 308 Å². The van der Waals surface area contributed by atoms with E-state index in [1.165, 1.54) is 7.11 Å². The summed E-state index contributed by atoms with van der Waals surface area (Å²) in [6.45, 7) is 3.33. The Balaban J connectivity index is 1.31. The van der Waals surface area contributed by atoms with Crippen molar-refractivity contribution in [3.8, 4) is 22.5 Å². The van der Waals surface area contributed by atoms with Gasteiger partial charge in [0.2, 0.25) is 0 Å². The van der Waals surface area contributed by atoms with Crippen molar-refractivity contribution in [2.45, 2.75) is 25.4 Å². The van der Waals surface area contributed by atoms with Gasteiger partial charge < -0.3 is 9.64 Å². The first-order valence-corrected chi connectivity index (χ1v) is 17.5. The summed E-state index contributed by atoms with van der Waals surface area (Å²) in [5.74, 6) is 0.698. The number of pyridine rings is 1. The zero-order chi connectivity index (χ0) is 35.9. The summed E-state index contributed by atoms with van der Waals surface area (Å²) in [5.41, 5.74) is 6.52. The van der Waals surface area contributed by atoms with Gasteiger partial charge in [-0.25, -0.2) is 14.5 Å². The van der Waals surface area contributed by atoms with E-state index in [-0.39, 0.29) is 0 Å². The maximum Gasteiger partial charge on any atom is 0.341 e. The second-order valence-corrected chi connectivity index (χ2v) is 12.8. The average molecular weight is 705 g/mol. The van der Waals surface area contributed by atoms with Gasteiger partial charge in [0, 0.05) is 24.8 Å². The third-order valence-electron chi connectivity index (χ3n) is 9.20. The number of rotatable bonds is 12. The highest BCUT2D eigenvalue weighted by Crippen LogP contribution is 2.43. The van der Waals surface area contributed by atoms with Gasteiger partial charge in [0.05, 0.1) is 12.1 Å². The first kappa shape index (κ1) is 34.3. The largest absolute Gasteiger partial charge is 0.465 e. The fraction of sp³-hybridized carbons (Fsp3) is 0.140. The van der Waals surface area contributed by atoms with E-state index >= 15 is 0 Å². The highest BCUT2D eigenvalue weighted by Gasteiger charge is 2.42. The van der Waals surface area contributed by atoms with E-state index in [2.05, 4.69) is 131 Å². The number of esters is 1. The molecule has 52 heavy (non-hydrogen) atoms. The zero-order valence-electron chi connectivity index (χ0n) is 28.9. The number of hydrogen-bond donors (Lipinski definition) is 0. The van der Waals surface area contributed by atoms with Crippen LogP contribution in [0.4, 0.5) is 5.82 Å². The summed E-state index contributed by atoms with van der Waals surface area (Å²) >= 11 is 6.21. The molecule has 0 atom stereocenters. The van der Waals surface area contributed by atoms with E-state index in [1.807, 2.05) is 35.0 Å². The van der Waals surface area contributed by atoms with Crippen molar-refractivity contribution >= 4 is 23.4 Å². The summed E-state index contributed by atoms with van der Waals surface area (Å²) in [6, 6.07) is 49.4. The first-order valence-electron chi connectivity index (χ1n) is 17.2. The van der Waals surface area contributed by atoms with Crippen LogP contribution in [0.5, 0.6) is 0 Å². The molecule has 0 aliphatic rings. The van der Waals surface area contributed by atoms with Crippen LogP contribution in [0.2, 0.25) is 5.02 Å². The lowest BCUT2D eigenvalue weighted by Gasteiger charge is -2.36. The molecule has 0 radical (unpaired) electrons. The summed E-state index contributed by atoms with van der Waals surface area (Å²) in [4.78, 5) is 19.3. The monoisotopic (exact) mass is 704 g/mol. The van der Waals surface area contributed by atoms with Crippen LogP contribution in [-0.2, 0) is 16.8 Å². The van der Waals surface area contributed by atoms with E-state index < -0.39 is 11.5 Å². The fourth-order valence-corrected chi connectivity index (χ4v) is 7.06. The zero-order valence-corrected chi connectivity index (χ0v) is 29.7. The molecule has 0 spiro atoms. The van der Waals surface area contributed by atoms with Crippen LogP contribution in [0.1, 0.15) is 46.0 Å². The maximum absolute atomic E-state index is 12.6. The van der Waals surface area contributed by atoms with Crippen LogP contribution in [-0.4, -0.2) is 44.8 Å². The molecule has 0 saturated carbocycles. The lowest BCUT2D eigenvalue weighted by molar-refractivity contribution is 0.0601. The van der Waals surface area contributed by atoms with E-state index in [1.54, 1.807) is 12.3 Å². The highest BCUT2D eigenvalue weighted by atomic mass is 35.5. The predicted molar refractivity (Wildman–Crippen MR) is 205 cm³/mol. The van der Waals surface area contributed by atoms with Gasteiger partial charge in [0.15, 0.2) is 5.82 Å². The molecule has 258 valence electrons. The summed E-state index contributed by atoms with van der Waals surface area (Å²) in [5, 5.41) is 14.1. The van der Waals surface area contributed by atoms with Crippen LogP contribution >= 0.6 is 11.6 Å². The minimum atomic E-state index is -0.874. The summed E-state index contributed by atoms with van der Waals surface area (Å²) in [7, 11) is 1.36. The van der Waals surface area contributed by atoms with Crippen LogP contribution < -0.4 is 4.90 Å². The molecule has 0 aliphatic heterocycles. The maximum atomic E-state index is 12.6. The smallest absolute Gasteiger partial charge is 0.341 e. The minimum Gasteiger partial charge on any atom is -0.465 e. The molecule has 0 amide bonds. The number of benzene rings is 5. The molecule has 7 rings (SSSR count). The van der Waals surface area contributed by atoms with Gasteiger partial charge in [-0.3, -0.25) is 0 Å². The average Bonchev–Trinajstić information content (AvgIpc) is 3.69. The Bertz CT molecular complexity index is 2160. The Hall–Kier alpha value is -6.12. The molecular formula is C43H37ClN6O2. The molecule has 9 heteroatoms. The van der Waals surface area contributed by atoms with E-state index in [9.17, 15) is 4.79 Å². The molecule has 0 aliphatic carbocycles. The number of halogens is 1. The molecule has 0 unspecified atom stereocenters. The number of aromatic nitrogens is 5. The Morgan fingerprint density at radius 2 is 1.33 bits per heavy atom. The van der Waals surface area contributed by atoms with Gasteiger partial charge in [-0.2, -0.15) is 0 Å². The number of carbonyl (C=O) groups is 1. The number of nitrogens with zero attached hydrogens (tertiary/aromatic N) is 6. The SMILES string of the molecule is CCCN(Cc1ccc(-c2ccccc2-c2nnnn2C(c2ccccc2)(c2ccccc2)c2ccccc2)cc1)c1ncc(Cl)cc1C(=O)OC. The molecular weight excluding hydrogens is 668 g/mol. The molecule has 0 N–H and O–H groups in total. The van der Waals surface area contributed by atoms with Gasteiger partial charge in [-0.15, -0.1) is 5.10 Å². The second kappa shape index (κ2) is 15.4. The van der Waals surface area contributed by atoms with Crippen LogP contribution in [0, 0.1) is 0 Å². The number of hydrogen-bond acceptors (Lipinski definition) is 7. The number of anilines is 1. The summed E-state index contributed by atoms with van der Waals surface area (Å²) in [6.07, 6.45) is 2.42. The van der Waals surface area contributed by atoms with Crippen molar-refractivity contribution in [1.82, 2.24) is 25.2 Å². The third kappa shape index (κ3) is 6.56. The first-order chi connectivity index (χ1) is 25.5. The fourth-order valence-electron chi connectivity index (χ4n) is 6.90. The molecule has 2 aromatic heterocycles. The van der Waals surface area contributed by atoms with Gasteiger partial charge in [0.25, 0.3) is 0 Å². The van der Waals surface area contributed by atoms with E-state index in [0.717, 1.165) is 45.4 Å². The van der Waals surface area contributed by atoms with Crippen LogP contribution in [0.3, 0.4) is 0 Å².